The Morgan fingerprint density at radius 3 is 2.65 bits per heavy atom. The Labute approximate surface area is 120 Å². The first-order valence-corrected chi connectivity index (χ1v) is 7.34. The van der Waals surface area contributed by atoms with Crippen LogP contribution >= 0.6 is 0 Å². The number of benzene rings is 1. The highest BCUT2D eigenvalue weighted by Crippen LogP contribution is 2.23. The Bertz CT molecular complexity index is 567. The summed E-state index contributed by atoms with van der Waals surface area (Å²) in [5, 5.41) is 3.39. The van der Waals surface area contributed by atoms with E-state index in [1.54, 1.807) is 0 Å². The fraction of sp³-hybridized carbons (Fsp3) is 0.438. The Hall–Kier alpha value is -1.81. The van der Waals surface area contributed by atoms with Crippen molar-refractivity contribution in [3.63, 3.8) is 0 Å². The predicted octanol–water partition coefficient (Wildman–Crippen LogP) is 2.41. The van der Waals surface area contributed by atoms with Gasteiger partial charge in [0.2, 0.25) is 0 Å². The number of aromatic nitrogens is 2. The summed E-state index contributed by atoms with van der Waals surface area (Å²) in [7, 11) is 0. The SMILES string of the molecule is CC(C)c1cncn1-c1cccc(N2CCNCC2)c1. The van der Waals surface area contributed by atoms with Gasteiger partial charge in [0.25, 0.3) is 0 Å². The van der Waals surface area contributed by atoms with Gasteiger partial charge in [-0.15, -0.1) is 0 Å². The molecule has 1 fully saturated rings. The molecule has 0 atom stereocenters. The molecule has 0 spiro atoms. The van der Waals surface area contributed by atoms with Crippen LogP contribution in [0.2, 0.25) is 0 Å². The fourth-order valence-corrected chi connectivity index (χ4v) is 2.71. The van der Waals surface area contributed by atoms with Crippen LogP contribution in [0, 0.1) is 0 Å². The predicted molar refractivity (Wildman–Crippen MR) is 82.7 cm³/mol. The first-order chi connectivity index (χ1) is 9.75. The van der Waals surface area contributed by atoms with Crippen LogP contribution in [0.4, 0.5) is 5.69 Å². The van der Waals surface area contributed by atoms with Gasteiger partial charge in [-0.3, -0.25) is 0 Å². The summed E-state index contributed by atoms with van der Waals surface area (Å²) in [4.78, 5) is 6.74. The van der Waals surface area contributed by atoms with Gasteiger partial charge in [0.1, 0.15) is 0 Å². The molecule has 0 unspecified atom stereocenters. The summed E-state index contributed by atoms with van der Waals surface area (Å²) in [6, 6.07) is 8.75. The maximum atomic E-state index is 4.30. The van der Waals surface area contributed by atoms with E-state index in [0.717, 1.165) is 26.2 Å². The zero-order chi connectivity index (χ0) is 13.9. The molecule has 0 aliphatic carbocycles. The molecule has 4 heteroatoms. The van der Waals surface area contributed by atoms with Gasteiger partial charge in [0.15, 0.2) is 0 Å². The van der Waals surface area contributed by atoms with Crippen molar-refractivity contribution >= 4 is 5.69 Å². The maximum absolute atomic E-state index is 4.30. The topological polar surface area (TPSA) is 33.1 Å². The van der Waals surface area contributed by atoms with E-state index in [9.17, 15) is 0 Å². The third kappa shape index (κ3) is 2.56. The monoisotopic (exact) mass is 270 g/mol. The number of piperazine rings is 1. The van der Waals surface area contributed by atoms with Crippen LogP contribution in [0.15, 0.2) is 36.8 Å². The number of anilines is 1. The number of hydrogen-bond donors (Lipinski definition) is 1. The minimum absolute atomic E-state index is 0.473. The van der Waals surface area contributed by atoms with Crippen molar-refractivity contribution in [2.75, 3.05) is 31.1 Å². The minimum Gasteiger partial charge on any atom is -0.369 e. The van der Waals surface area contributed by atoms with E-state index in [2.05, 4.69) is 57.9 Å². The third-order valence-electron chi connectivity index (χ3n) is 3.85. The van der Waals surface area contributed by atoms with E-state index < -0.39 is 0 Å². The van der Waals surface area contributed by atoms with E-state index in [0.29, 0.717) is 5.92 Å². The summed E-state index contributed by atoms with van der Waals surface area (Å²) in [6.45, 7) is 8.68. The zero-order valence-electron chi connectivity index (χ0n) is 12.2. The molecule has 1 aliphatic heterocycles. The largest absolute Gasteiger partial charge is 0.369 e. The number of hydrogen-bond acceptors (Lipinski definition) is 3. The van der Waals surface area contributed by atoms with Crippen LogP contribution < -0.4 is 10.2 Å². The average molecular weight is 270 g/mol. The zero-order valence-corrected chi connectivity index (χ0v) is 12.2. The van der Waals surface area contributed by atoms with Gasteiger partial charge in [0.05, 0.1) is 6.33 Å². The van der Waals surface area contributed by atoms with Gasteiger partial charge in [-0.2, -0.15) is 0 Å². The Morgan fingerprint density at radius 1 is 1.15 bits per heavy atom. The van der Waals surface area contributed by atoms with Crippen molar-refractivity contribution in [1.82, 2.24) is 14.9 Å². The van der Waals surface area contributed by atoms with Gasteiger partial charge in [0, 0.05) is 49.4 Å². The summed E-state index contributed by atoms with van der Waals surface area (Å²) >= 11 is 0. The average Bonchev–Trinajstić information content (AvgIpc) is 2.98. The molecule has 0 bridgehead atoms. The van der Waals surface area contributed by atoms with Crippen molar-refractivity contribution in [1.29, 1.82) is 0 Å². The second kappa shape index (κ2) is 5.67. The van der Waals surface area contributed by atoms with E-state index in [4.69, 9.17) is 0 Å². The molecule has 2 heterocycles. The van der Waals surface area contributed by atoms with Gasteiger partial charge in [-0.25, -0.2) is 4.98 Å². The number of nitrogens with zero attached hydrogens (tertiary/aromatic N) is 3. The minimum atomic E-state index is 0.473. The highest BCUT2D eigenvalue weighted by molar-refractivity contribution is 5.54. The standard InChI is InChI=1S/C16H22N4/c1-13(2)16-11-18-12-20(16)15-5-3-4-14(10-15)19-8-6-17-7-9-19/h3-5,10-13,17H,6-9H2,1-2H3. The van der Waals surface area contributed by atoms with E-state index >= 15 is 0 Å². The Balaban J connectivity index is 1.92. The molecule has 20 heavy (non-hydrogen) atoms. The molecular formula is C16H22N4. The molecule has 2 aromatic rings. The fourth-order valence-electron chi connectivity index (χ4n) is 2.71. The number of rotatable bonds is 3. The molecule has 0 radical (unpaired) electrons. The van der Waals surface area contributed by atoms with Gasteiger partial charge >= 0.3 is 0 Å². The van der Waals surface area contributed by atoms with Crippen LogP contribution in [0.1, 0.15) is 25.5 Å². The molecule has 1 aromatic heterocycles. The summed E-state index contributed by atoms with van der Waals surface area (Å²) in [6.07, 6.45) is 3.87. The van der Waals surface area contributed by atoms with Gasteiger partial charge in [-0.05, 0) is 24.1 Å². The lowest BCUT2D eigenvalue weighted by molar-refractivity contribution is 0.589. The van der Waals surface area contributed by atoms with Crippen LogP contribution in [0.25, 0.3) is 5.69 Å². The Morgan fingerprint density at radius 2 is 1.90 bits per heavy atom. The lowest BCUT2D eigenvalue weighted by Crippen LogP contribution is -2.43. The number of nitrogens with one attached hydrogen (secondary N) is 1. The molecule has 4 nitrogen and oxygen atoms in total. The smallest absolute Gasteiger partial charge is 0.0994 e. The normalized spacial score (nSPS) is 15.8. The molecule has 3 rings (SSSR count). The molecule has 1 saturated heterocycles. The van der Waals surface area contributed by atoms with E-state index in [1.807, 2.05) is 12.5 Å². The van der Waals surface area contributed by atoms with Crippen LogP contribution in [0.3, 0.4) is 0 Å². The molecular weight excluding hydrogens is 248 g/mol. The van der Waals surface area contributed by atoms with Gasteiger partial charge in [-0.1, -0.05) is 19.9 Å². The van der Waals surface area contributed by atoms with E-state index in [1.165, 1.54) is 17.1 Å². The lowest BCUT2D eigenvalue weighted by atomic mass is 10.1. The van der Waals surface area contributed by atoms with Crippen molar-refractivity contribution in [2.24, 2.45) is 0 Å². The molecule has 1 N–H and O–H groups in total. The highest BCUT2D eigenvalue weighted by atomic mass is 15.2. The maximum Gasteiger partial charge on any atom is 0.0994 e. The van der Waals surface area contributed by atoms with Gasteiger partial charge < -0.3 is 14.8 Å². The first-order valence-electron chi connectivity index (χ1n) is 7.34. The highest BCUT2D eigenvalue weighted by Gasteiger charge is 2.12. The van der Waals surface area contributed by atoms with Crippen LogP contribution in [-0.4, -0.2) is 35.7 Å². The van der Waals surface area contributed by atoms with Crippen LogP contribution in [0.5, 0.6) is 0 Å². The molecule has 1 aliphatic rings. The summed E-state index contributed by atoms with van der Waals surface area (Å²) in [5.41, 5.74) is 3.75. The second-order valence-corrected chi connectivity index (χ2v) is 5.60. The third-order valence-corrected chi connectivity index (χ3v) is 3.85. The summed E-state index contributed by atoms with van der Waals surface area (Å²) in [5.74, 6) is 0.473. The second-order valence-electron chi connectivity index (χ2n) is 5.60. The number of imidazole rings is 1. The van der Waals surface area contributed by atoms with Crippen LogP contribution in [-0.2, 0) is 0 Å². The molecule has 0 amide bonds. The van der Waals surface area contributed by atoms with Crippen molar-refractivity contribution < 1.29 is 0 Å². The quantitative estimate of drug-likeness (QED) is 0.929. The van der Waals surface area contributed by atoms with Crippen molar-refractivity contribution in [3.8, 4) is 5.69 Å². The van der Waals surface area contributed by atoms with Crippen molar-refractivity contribution in [3.05, 3.63) is 42.5 Å². The lowest BCUT2D eigenvalue weighted by Gasteiger charge is -2.29. The van der Waals surface area contributed by atoms with Crippen molar-refractivity contribution in [2.45, 2.75) is 19.8 Å². The molecule has 1 aromatic carbocycles. The first kappa shape index (κ1) is 13.2. The molecule has 0 saturated carbocycles. The Kier molecular flexibility index (Phi) is 3.74. The van der Waals surface area contributed by atoms with E-state index in [-0.39, 0.29) is 0 Å². The summed E-state index contributed by atoms with van der Waals surface area (Å²) < 4.78 is 2.19. The molecule has 106 valence electrons.